The molecule has 0 atom stereocenters. The largest absolute Gasteiger partial charge is 0.493 e. The average molecular weight is 444 g/mol. The molecule has 3 rings (SSSR count). The fourth-order valence-electron chi connectivity index (χ4n) is 2.85. The van der Waals surface area contributed by atoms with Crippen molar-refractivity contribution in [1.82, 2.24) is 0 Å². The summed E-state index contributed by atoms with van der Waals surface area (Å²) in [5, 5.41) is 0. The van der Waals surface area contributed by atoms with Crippen LogP contribution in [-0.4, -0.2) is 24.9 Å². The zero-order valence-electron chi connectivity index (χ0n) is 15.8. The number of carbonyl (C=O) groups excluding carboxylic acids is 2. The van der Waals surface area contributed by atoms with Crippen molar-refractivity contribution in [1.29, 1.82) is 0 Å². The van der Waals surface area contributed by atoms with E-state index in [0.29, 0.717) is 15.8 Å². The molecule has 0 saturated heterocycles. The number of hydrogen-bond donors (Lipinski definition) is 0. The first-order chi connectivity index (χ1) is 13.3. The molecular weight excluding hydrogens is 426 g/mol. The number of rotatable bonds is 4. The van der Waals surface area contributed by atoms with Crippen molar-refractivity contribution in [2.45, 2.75) is 20.8 Å². The predicted molar refractivity (Wildman–Crippen MR) is 109 cm³/mol. The summed E-state index contributed by atoms with van der Waals surface area (Å²) in [5.41, 5.74) is 3.67. The van der Waals surface area contributed by atoms with Crippen LogP contribution in [-0.2, 0) is 14.3 Å². The second-order valence-electron chi connectivity index (χ2n) is 6.34. The molecule has 1 aliphatic rings. The van der Waals surface area contributed by atoms with E-state index in [2.05, 4.69) is 20.9 Å². The highest BCUT2D eigenvalue weighted by molar-refractivity contribution is 9.10. The Kier molecular flexibility index (Phi) is 5.65. The van der Waals surface area contributed by atoms with Crippen LogP contribution in [0.4, 0.5) is 0 Å². The number of nitrogens with zero attached hydrogens (tertiary/aromatic N) is 1. The first-order valence-corrected chi connectivity index (χ1v) is 9.23. The van der Waals surface area contributed by atoms with Gasteiger partial charge in [0.15, 0.2) is 17.2 Å². The van der Waals surface area contributed by atoms with E-state index in [-0.39, 0.29) is 17.3 Å². The Bertz CT molecular complexity index is 1020. The fourth-order valence-corrected chi connectivity index (χ4v) is 3.40. The summed E-state index contributed by atoms with van der Waals surface area (Å²) in [4.78, 5) is 27.9. The van der Waals surface area contributed by atoms with Crippen LogP contribution in [0.15, 0.2) is 45.5 Å². The molecule has 0 fully saturated rings. The van der Waals surface area contributed by atoms with Crippen molar-refractivity contribution in [3.63, 3.8) is 0 Å². The van der Waals surface area contributed by atoms with E-state index in [4.69, 9.17) is 14.2 Å². The number of ether oxygens (including phenoxy) is 3. The molecule has 28 heavy (non-hydrogen) atoms. The molecule has 1 heterocycles. The van der Waals surface area contributed by atoms with Gasteiger partial charge in [-0.15, -0.1) is 0 Å². The number of carbonyl (C=O) groups is 2. The van der Waals surface area contributed by atoms with Gasteiger partial charge in [0, 0.05) is 12.5 Å². The fraction of sp³-hybridized carbons (Fsp3) is 0.190. The number of hydrogen-bond acceptors (Lipinski definition) is 6. The third-order valence-corrected chi connectivity index (χ3v) is 4.48. The van der Waals surface area contributed by atoms with Gasteiger partial charge in [-0.3, -0.25) is 4.79 Å². The van der Waals surface area contributed by atoms with Gasteiger partial charge in [0.05, 0.1) is 11.6 Å². The molecule has 6 nitrogen and oxygen atoms in total. The maximum atomic E-state index is 12.3. The van der Waals surface area contributed by atoms with Crippen molar-refractivity contribution in [3.05, 3.63) is 62.8 Å². The summed E-state index contributed by atoms with van der Waals surface area (Å²) in [7, 11) is 1.46. The molecule has 0 aromatic heterocycles. The van der Waals surface area contributed by atoms with Crippen LogP contribution >= 0.6 is 15.9 Å². The van der Waals surface area contributed by atoms with Gasteiger partial charge in [0.1, 0.15) is 0 Å². The number of benzene rings is 2. The van der Waals surface area contributed by atoms with Gasteiger partial charge in [-0.2, -0.15) is 0 Å². The van der Waals surface area contributed by atoms with Crippen molar-refractivity contribution in [2.75, 3.05) is 7.11 Å². The highest BCUT2D eigenvalue weighted by Crippen LogP contribution is 2.37. The lowest BCUT2D eigenvalue weighted by molar-refractivity contribution is -0.132. The van der Waals surface area contributed by atoms with E-state index < -0.39 is 11.9 Å². The van der Waals surface area contributed by atoms with Crippen LogP contribution in [0, 0.1) is 13.8 Å². The maximum absolute atomic E-state index is 12.3. The van der Waals surface area contributed by atoms with Gasteiger partial charge in [-0.1, -0.05) is 17.2 Å². The van der Waals surface area contributed by atoms with E-state index in [0.717, 1.165) is 16.7 Å². The molecule has 0 amide bonds. The minimum absolute atomic E-state index is 0.170. The SMILES string of the molecule is COc1cc(/C=C2\N=C(c3cc(C)cc(C)c3)OC2=O)cc(Br)c1OC(C)=O. The molecule has 144 valence electrons. The molecule has 1 aliphatic heterocycles. The minimum Gasteiger partial charge on any atom is -0.493 e. The van der Waals surface area contributed by atoms with E-state index in [1.807, 2.05) is 32.0 Å². The Morgan fingerprint density at radius 2 is 1.82 bits per heavy atom. The Balaban J connectivity index is 1.98. The van der Waals surface area contributed by atoms with E-state index in [9.17, 15) is 9.59 Å². The third kappa shape index (κ3) is 4.31. The lowest BCUT2D eigenvalue weighted by Gasteiger charge is -2.11. The van der Waals surface area contributed by atoms with Crippen LogP contribution in [0.2, 0.25) is 0 Å². The molecule has 2 aromatic carbocycles. The minimum atomic E-state index is -0.534. The topological polar surface area (TPSA) is 74.2 Å². The van der Waals surface area contributed by atoms with E-state index in [1.54, 1.807) is 18.2 Å². The summed E-state index contributed by atoms with van der Waals surface area (Å²) >= 11 is 3.36. The molecule has 0 unspecified atom stereocenters. The summed E-state index contributed by atoms with van der Waals surface area (Å²) in [6.07, 6.45) is 1.59. The molecule has 2 aromatic rings. The Labute approximate surface area is 171 Å². The molecule has 0 spiro atoms. The summed E-state index contributed by atoms with van der Waals surface area (Å²) in [6.45, 7) is 5.25. The van der Waals surface area contributed by atoms with Crippen LogP contribution in [0.5, 0.6) is 11.5 Å². The van der Waals surface area contributed by atoms with Crippen LogP contribution < -0.4 is 9.47 Å². The molecule has 0 N–H and O–H groups in total. The lowest BCUT2D eigenvalue weighted by atomic mass is 10.1. The van der Waals surface area contributed by atoms with E-state index >= 15 is 0 Å². The van der Waals surface area contributed by atoms with Crippen LogP contribution in [0.1, 0.15) is 29.2 Å². The number of aryl methyl sites for hydroxylation is 2. The number of aliphatic imine (C=N–C) groups is 1. The molecule has 0 saturated carbocycles. The second-order valence-corrected chi connectivity index (χ2v) is 7.19. The summed E-state index contributed by atoms with van der Waals surface area (Å²) < 4.78 is 16.3. The highest BCUT2D eigenvalue weighted by Gasteiger charge is 2.25. The Hall–Kier alpha value is -2.93. The normalized spacial score (nSPS) is 14.7. The highest BCUT2D eigenvalue weighted by atomic mass is 79.9. The average Bonchev–Trinajstić information content (AvgIpc) is 2.96. The zero-order chi connectivity index (χ0) is 20.4. The monoisotopic (exact) mass is 443 g/mol. The number of methoxy groups -OCH3 is 1. The zero-order valence-corrected chi connectivity index (χ0v) is 17.4. The van der Waals surface area contributed by atoms with Crippen molar-refractivity contribution in [2.24, 2.45) is 4.99 Å². The van der Waals surface area contributed by atoms with Gasteiger partial charge in [-0.25, -0.2) is 9.79 Å². The van der Waals surface area contributed by atoms with Crippen LogP contribution in [0.25, 0.3) is 6.08 Å². The van der Waals surface area contributed by atoms with Gasteiger partial charge in [0.2, 0.25) is 5.90 Å². The first-order valence-electron chi connectivity index (χ1n) is 8.44. The molecule has 7 heteroatoms. The molecule has 0 aliphatic carbocycles. The quantitative estimate of drug-likeness (QED) is 0.399. The van der Waals surface area contributed by atoms with E-state index in [1.165, 1.54) is 14.0 Å². The second kappa shape index (κ2) is 7.98. The predicted octanol–water partition coefficient (Wildman–Crippen LogP) is 4.34. The smallest absolute Gasteiger partial charge is 0.363 e. The number of cyclic esters (lactones) is 1. The standard InChI is InChI=1S/C21H18BrNO5/c1-11-5-12(2)7-15(6-11)20-23-17(21(25)28-20)9-14-8-16(22)19(27-13(3)24)18(10-14)26-4/h5-10H,1-4H3/b17-9-. The number of esters is 2. The Morgan fingerprint density at radius 1 is 1.14 bits per heavy atom. The van der Waals surface area contributed by atoms with Crippen LogP contribution in [0.3, 0.4) is 0 Å². The first kappa shape index (κ1) is 19.8. The third-order valence-electron chi connectivity index (χ3n) is 3.89. The van der Waals surface area contributed by atoms with Gasteiger partial charge >= 0.3 is 11.9 Å². The Morgan fingerprint density at radius 3 is 2.43 bits per heavy atom. The lowest BCUT2D eigenvalue weighted by Crippen LogP contribution is -2.06. The molecule has 0 bridgehead atoms. The van der Waals surface area contributed by atoms with Crippen molar-refractivity contribution >= 4 is 39.8 Å². The van der Waals surface area contributed by atoms with Gasteiger partial charge < -0.3 is 14.2 Å². The summed E-state index contributed by atoms with van der Waals surface area (Å²) in [6, 6.07) is 9.20. The van der Waals surface area contributed by atoms with Crippen molar-refractivity contribution < 1.29 is 23.8 Å². The van der Waals surface area contributed by atoms with Crippen molar-refractivity contribution in [3.8, 4) is 11.5 Å². The van der Waals surface area contributed by atoms with Gasteiger partial charge in [-0.05, 0) is 65.7 Å². The summed E-state index contributed by atoms with van der Waals surface area (Å²) in [5.74, 6) is -0.113. The maximum Gasteiger partial charge on any atom is 0.363 e. The van der Waals surface area contributed by atoms with Gasteiger partial charge in [0.25, 0.3) is 0 Å². The number of halogens is 1. The molecule has 0 radical (unpaired) electrons. The molecular formula is C21H18BrNO5.